The van der Waals surface area contributed by atoms with Crippen LogP contribution in [0, 0.1) is 18.7 Å². The van der Waals surface area contributed by atoms with Gasteiger partial charge in [0.1, 0.15) is 5.82 Å². The average Bonchev–Trinajstić information content (AvgIpc) is 3.32. The second-order valence-electron chi connectivity index (χ2n) is 9.78. The molecular weight excluding hydrogens is 437 g/mol. The summed E-state index contributed by atoms with van der Waals surface area (Å²) < 4.78 is 13.9. The standard InChI is InChI=1S/C30H32FN3O/c1-22-8-5-6-13-27(22)29-20-28(25-11-7-12-26(31)19-25)32-34(29)30(35)21-33-16-14-24(15-17-33)18-23-9-3-2-4-10-23/h2-13,19,24,29H,14-18,20-21H2,1H3/t29-/m0/s1. The van der Waals surface area contributed by atoms with Crippen molar-refractivity contribution in [2.24, 2.45) is 11.0 Å². The Morgan fingerprint density at radius 1 is 0.971 bits per heavy atom. The van der Waals surface area contributed by atoms with Crippen LogP contribution < -0.4 is 0 Å². The third-order valence-electron chi connectivity index (χ3n) is 7.30. The van der Waals surface area contributed by atoms with Crippen LogP contribution in [0.1, 0.15) is 47.6 Å². The van der Waals surface area contributed by atoms with E-state index in [2.05, 4.69) is 54.3 Å². The van der Waals surface area contributed by atoms with Gasteiger partial charge in [-0.3, -0.25) is 9.69 Å². The monoisotopic (exact) mass is 469 g/mol. The van der Waals surface area contributed by atoms with Crippen LogP contribution in [0.25, 0.3) is 0 Å². The number of halogens is 1. The molecule has 0 bridgehead atoms. The fourth-order valence-electron chi connectivity index (χ4n) is 5.35. The summed E-state index contributed by atoms with van der Waals surface area (Å²) in [6, 6.07) is 25.1. The van der Waals surface area contributed by atoms with Crippen molar-refractivity contribution < 1.29 is 9.18 Å². The lowest BCUT2D eigenvalue weighted by Gasteiger charge is -2.33. The second kappa shape index (κ2) is 10.5. The van der Waals surface area contributed by atoms with Crippen molar-refractivity contribution in [1.29, 1.82) is 0 Å². The first-order chi connectivity index (χ1) is 17.1. The van der Waals surface area contributed by atoms with E-state index in [-0.39, 0.29) is 17.8 Å². The van der Waals surface area contributed by atoms with Crippen molar-refractivity contribution in [3.8, 4) is 0 Å². The molecule has 1 fully saturated rings. The molecule has 5 heteroatoms. The van der Waals surface area contributed by atoms with Crippen LogP contribution in [-0.4, -0.2) is 41.2 Å². The van der Waals surface area contributed by atoms with Gasteiger partial charge in [-0.15, -0.1) is 0 Å². The number of likely N-dealkylation sites (tertiary alicyclic amines) is 1. The molecule has 0 unspecified atom stereocenters. The van der Waals surface area contributed by atoms with E-state index in [1.807, 2.05) is 18.2 Å². The number of hydrazone groups is 1. The highest BCUT2D eigenvalue weighted by atomic mass is 19.1. The Morgan fingerprint density at radius 3 is 2.46 bits per heavy atom. The molecule has 180 valence electrons. The van der Waals surface area contributed by atoms with Gasteiger partial charge in [0.25, 0.3) is 5.91 Å². The molecule has 1 atom stereocenters. The zero-order chi connectivity index (χ0) is 24.2. The molecule has 2 aliphatic rings. The number of carbonyl (C=O) groups excluding carboxylic acids is 1. The van der Waals surface area contributed by atoms with E-state index < -0.39 is 0 Å². The van der Waals surface area contributed by atoms with Gasteiger partial charge in [0.2, 0.25) is 0 Å². The first-order valence-electron chi connectivity index (χ1n) is 12.5. The number of amides is 1. The lowest BCUT2D eigenvalue weighted by molar-refractivity contribution is -0.134. The number of hydrogen-bond donors (Lipinski definition) is 0. The molecular formula is C30H32FN3O. The first-order valence-corrected chi connectivity index (χ1v) is 12.5. The van der Waals surface area contributed by atoms with Crippen molar-refractivity contribution in [3.05, 3.63) is 107 Å². The van der Waals surface area contributed by atoms with Gasteiger partial charge < -0.3 is 0 Å². The quantitative estimate of drug-likeness (QED) is 0.460. The van der Waals surface area contributed by atoms with Crippen LogP contribution >= 0.6 is 0 Å². The Morgan fingerprint density at radius 2 is 1.71 bits per heavy atom. The Bertz CT molecular complexity index is 1200. The summed E-state index contributed by atoms with van der Waals surface area (Å²) in [4.78, 5) is 15.8. The first kappa shape index (κ1) is 23.4. The fourth-order valence-corrected chi connectivity index (χ4v) is 5.35. The van der Waals surface area contributed by atoms with Gasteiger partial charge >= 0.3 is 0 Å². The summed E-state index contributed by atoms with van der Waals surface area (Å²) in [5.41, 5.74) is 5.11. The molecule has 0 spiro atoms. The molecule has 3 aromatic carbocycles. The molecule has 2 aliphatic heterocycles. The smallest absolute Gasteiger partial charge is 0.257 e. The van der Waals surface area contributed by atoms with Gasteiger partial charge in [-0.05, 0) is 74.0 Å². The molecule has 0 saturated carbocycles. The summed E-state index contributed by atoms with van der Waals surface area (Å²) >= 11 is 0. The minimum Gasteiger partial charge on any atom is -0.294 e. The lowest BCUT2D eigenvalue weighted by Crippen LogP contribution is -2.42. The van der Waals surface area contributed by atoms with Crippen LogP contribution in [0.3, 0.4) is 0 Å². The molecule has 4 nitrogen and oxygen atoms in total. The highest BCUT2D eigenvalue weighted by Crippen LogP contribution is 2.35. The number of nitrogens with zero attached hydrogens (tertiary/aromatic N) is 3. The number of rotatable bonds is 6. The molecule has 0 N–H and O–H groups in total. The van der Waals surface area contributed by atoms with E-state index in [0.717, 1.165) is 54.8 Å². The van der Waals surface area contributed by atoms with Gasteiger partial charge in [0, 0.05) is 12.0 Å². The third-order valence-corrected chi connectivity index (χ3v) is 7.30. The van der Waals surface area contributed by atoms with Crippen LogP contribution in [0.15, 0.2) is 84.0 Å². The van der Waals surface area contributed by atoms with E-state index in [9.17, 15) is 9.18 Å². The molecule has 1 saturated heterocycles. The van der Waals surface area contributed by atoms with Crippen LogP contribution in [0.5, 0.6) is 0 Å². The number of piperidine rings is 1. The molecule has 35 heavy (non-hydrogen) atoms. The predicted octanol–water partition coefficient (Wildman–Crippen LogP) is 5.77. The van der Waals surface area contributed by atoms with E-state index in [4.69, 9.17) is 5.10 Å². The Hall–Kier alpha value is -3.31. The minimum absolute atomic E-state index is 0.00571. The third kappa shape index (κ3) is 5.51. The topological polar surface area (TPSA) is 35.9 Å². The summed E-state index contributed by atoms with van der Waals surface area (Å²) in [7, 11) is 0. The summed E-state index contributed by atoms with van der Waals surface area (Å²) in [6.45, 7) is 4.27. The highest BCUT2D eigenvalue weighted by molar-refractivity contribution is 6.03. The van der Waals surface area contributed by atoms with E-state index in [1.165, 1.54) is 17.7 Å². The molecule has 0 aliphatic carbocycles. The normalized spacial score (nSPS) is 19.1. The SMILES string of the molecule is Cc1ccccc1[C@@H]1CC(c2cccc(F)c2)=NN1C(=O)CN1CCC(Cc2ccccc2)CC1. The molecule has 0 radical (unpaired) electrons. The zero-order valence-corrected chi connectivity index (χ0v) is 20.2. The fraction of sp³-hybridized carbons (Fsp3) is 0.333. The van der Waals surface area contributed by atoms with Gasteiger partial charge in [-0.25, -0.2) is 9.40 Å². The average molecular weight is 470 g/mol. The van der Waals surface area contributed by atoms with E-state index >= 15 is 0 Å². The molecule has 3 aromatic rings. The zero-order valence-electron chi connectivity index (χ0n) is 20.2. The van der Waals surface area contributed by atoms with E-state index in [1.54, 1.807) is 11.1 Å². The number of aryl methyl sites for hydroxylation is 1. The number of carbonyl (C=O) groups is 1. The maximum Gasteiger partial charge on any atom is 0.257 e. The number of benzene rings is 3. The molecule has 2 heterocycles. The largest absolute Gasteiger partial charge is 0.294 e. The van der Waals surface area contributed by atoms with Crippen molar-refractivity contribution in [2.75, 3.05) is 19.6 Å². The van der Waals surface area contributed by atoms with Crippen LogP contribution in [-0.2, 0) is 11.2 Å². The summed E-state index contributed by atoms with van der Waals surface area (Å²) in [6.07, 6.45) is 3.88. The molecule has 1 amide bonds. The number of hydrogen-bond acceptors (Lipinski definition) is 3. The minimum atomic E-state index is -0.291. The van der Waals surface area contributed by atoms with Crippen molar-refractivity contribution in [3.63, 3.8) is 0 Å². The van der Waals surface area contributed by atoms with Gasteiger partial charge in [-0.1, -0.05) is 66.7 Å². The summed E-state index contributed by atoms with van der Waals surface area (Å²) in [5.74, 6) is 0.375. The lowest BCUT2D eigenvalue weighted by atomic mass is 9.90. The highest BCUT2D eigenvalue weighted by Gasteiger charge is 2.35. The Labute approximate surface area is 207 Å². The molecule has 0 aromatic heterocycles. The van der Waals surface area contributed by atoms with Crippen molar-refractivity contribution in [2.45, 2.75) is 38.6 Å². The van der Waals surface area contributed by atoms with Crippen LogP contribution in [0.4, 0.5) is 4.39 Å². The van der Waals surface area contributed by atoms with Crippen molar-refractivity contribution in [1.82, 2.24) is 9.91 Å². The summed E-state index contributed by atoms with van der Waals surface area (Å²) in [5, 5.41) is 6.39. The Balaban J connectivity index is 1.28. The van der Waals surface area contributed by atoms with Gasteiger partial charge in [0.15, 0.2) is 0 Å². The van der Waals surface area contributed by atoms with Crippen LogP contribution in [0.2, 0.25) is 0 Å². The van der Waals surface area contributed by atoms with E-state index in [0.29, 0.717) is 18.9 Å². The molecule has 5 rings (SSSR count). The van der Waals surface area contributed by atoms with Gasteiger partial charge in [0.05, 0.1) is 18.3 Å². The predicted molar refractivity (Wildman–Crippen MR) is 138 cm³/mol. The maximum absolute atomic E-state index is 13.9. The van der Waals surface area contributed by atoms with Gasteiger partial charge in [-0.2, -0.15) is 5.10 Å². The Kier molecular flexibility index (Phi) is 7.05. The maximum atomic E-state index is 13.9. The second-order valence-corrected chi connectivity index (χ2v) is 9.78. The van der Waals surface area contributed by atoms with Crippen molar-refractivity contribution >= 4 is 11.6 Å².